The molecular formula is C37H58N2O4. The maximum Gasteiger partial charge on any atom is 0.102 e. The number of furan rings is 1. The van der Waals surface area contributed by atoms with E-state index >= 15 is 0 Å². The molecule has 6 heteroatoms. The van der Waals surface area contributed by atoms with Crippen LogP contribution in [0.1, 0.15) is 96.5 Å². The topological polar surface area (TPSA) is 47.3 Å². The van der Waals surface area contributed by atoms with Gasteiger partial charge in [0.05, 0.1) is 45.1 Å². The van der Waals surface area contributed by atoms with Crippen LogP contribution in [-0.4, -0.2) is 81.6 Å². The zero-order valence-electron chi connectivity index (χ0n) is 27.2. The number of rotatable bonds is 12. The first-order chi connectivity index (χ1) is 21.0. The number of allylic oxidation sites excluding steroid dienone is 1. The van der Waals surface area contributed by atoms with Crippen molar-refractivity contribution < 1.29 is 18.6 Å². The zero-order valence-corrected chi connectivity index (χ0v) is 27.2. The van der Waals surface area contributed by atoms with Gasteiger partial charge < -0.3 is 28.4 Å². The van der Waals surface area contributed by atoms with Crippen molar-refractivity contribution in [2.24, 2.45) is 28.6 Å². The number of hydrogen-bond donors (Lipinski definition) is 0. The molecule has 3 heterocycles. The molecule has 0 bridgehead atoms. The van der Waals surface area contributed by atoms with Gasteiger partial charge >= 0.3 is 0 Å². The smallest absolute Gasteiger partial charge is 0.102 e. The SMILES string of the molecule is C[C@]12CC[C@H](OCCOCCN3CCCC3)C=C1CC[C@@H]1[C@@H]2CC[C@@]2(C)[C@H]1CC[C@@]2(OCCN1CCCC1)c1ccoc1. The first-order valence-electron chi connectivity index (χ1n) is 18.0. The highest BCUT2D eigenvalue weighted by molar-refractivity contribution is 5.30. The van der Waals surface area contributed by atoms with E-state index in [1.165, 1.54) is 96.0 Å². The Kier molecular flexibility index (Phi) is 9.15. The average molecular weight is 595 g/mol. The van der Waals surface area contributed by atoms with E-state index in [0.717, 1.165) is 56.9 Å². The number of ether oxygens (including phenoxy) is 3. The van der Waals surface area contributed by atoms with Gasteiger partial charge in [0.15, 0.2) is 0 Å². The summed E-state index contributed by atoms with van der Waals surface area (Å²) in [6.45, 7) is 15.4. The minimum Gasteiger partial charge on any atom is -0.472 e. The summed E-state index contributed by atoms with van der Waals surface area (Å²) in [5.74, 6) is 2.29. The third-order valence-electron chi connectivity index (χ3n) is 13.4. The van der Waals surface area contributed by atoms with Crippen molar-refractivity contribution in [1.29, 1.82) is 0 Å². The van der Waals surface area contributed by atoms with Crippen molar-refractivity contribution >= 4 is 0 Å². The second kappa shape index (κ2) is 12.9. The van der Waals surface area contributed by atoms with Gasteiger partial charge in [-0.05, 0) is 132 Å². The lowest BCUT2D eigenvalue weighted by Gasteiger charge is -2.60. The Bertz CT molecular complexity index is 1080. The molecule has 0 N–H and O–H groups in total. The quantitative estimate of drug-likeness (QED) is 0.191. The van der Waals surface area contributed by atoms with Crippen molar-refractivity contribution in [2.45, 2.75) is 103 Å². The van der Waals surface area contributed by atoms with E-state index in [9.17, 15) is 0 Å². The average Bonchev–Trinajstić information content (AvgIpc) is 3.83. The summed E-state index contributed by atoms with van der Waals surface area (Å²) in [5.41, 5.74) is 3.26. The molecule has 0 spiro atoms. The van der Waals surface area contributed by atoms with E-state index < -0.39 is 0 Å². The summed E-state index contributed by atoms with van der Waals surface area (Å²) >= 11 is 0. The predicted octanol–water partition coefficient (Wildman–Crippen LogP) is 7.05. The molecular weight excluding hydrogens is 536 g/mol. The standard InChI is InChI=1S/C37H58N2O4/c1-35-13-9-31(42-26-25-40-23-20-38-16-3-4-17-38)27-29(35)7-8-32-33(35)10-14-36(2)34(32)11-15-37(36,30-12-22-41-28-30)43-24-21-39-18-5-6-19-39/h12,22,27-28,31-34H,3-11,13-21,23-26H2,1-2H3/t31-,32+,33-,34-,35-,36-,37+/m0/s1. The molecule has 0 aromatic carbocycles. The third kappa shape index (κ3) is 5.71. The van der Waals surface area contributed by atoms with E-state index in [-0.39, 0.29) is 17.1 Å². The highest BCUT2D eigenvalue weighted by Gasteiger charge is 2.65. The maximum absolute atomic E-state index is 7.14. The van der Waals surface area contributed by atoms with Gasteiger partial charge in [0.25, 0.3) is 0 Å². The molecule has 2 aliphatic heterocycles. The predicted molar refractivity (Wildman–Crippen MR) is 170 cm³/mol. The summed E-state index contributed by atoms with van der Waals surface area (Å²) in [7, 11) is 0. The second-order valence-electron chi connectivity index (χ2n) is 15.4. The molecule has 7 rings (SSSR count). The largest absolute Gasteiger partial charge is 0.472 e. The van der Waals surface area contributed by atoms with Crippen molar-refractivity contribution in [3.8, 4) is 0 Å². The molecule has 2 saturated heterocycles. The molecule has 5 fully saturated rings. The molecule has 1 aromatic heterocycles. The van der Waals surface area contributed by atoms with Gasteiger partial charge in [0.1, 0.15) is 5.60 Å². The molecule has 3 saturated carbocycles. The van der Waals surface area contributed by atoms with Crippen LogP contribution >= 0.6 is 0 Å². The van der Waals surface area contributed by atoms with Gasteiger partial charge in [-0.2, -0.15) is 0 Å². The maximum atomic E-state index is 7.14. The normalized spacial score (nSPS) is 39.9. The summed E-state index contributed by atoms with van der Waals surface area (Å²) in [5, 5.41) is 0. The van der Waals surface area contributed by atoms with Gasteiger partial charge in [-0.25, -0.2) is 0 Å². The van der Waals surface area contributed by atoms with Crippen LogP contribution in [0.2, 0.25) is 0 Å². The summed E-state index contributed by atoms with van der Waals surface area (Å²) in [4.78, 5) is 5.11. The first kappa shape index (κ1) is 30.5. The zero-order chi connectivity index (χ0) is 29.3. The molecule has 4 aliphatic carbocycles. The van der Waals surface area contributed by atoms with Gasteiger partial charge in [0, 0.05) is 24.1 Å². The fourth-order valence-electron chi connectivity index (χ4n) is 11.0. The van der Waals surface area contributed by atoms with Crippen LogP contribution in [0.3, 0.4) is 0 Å². The molecule has 7 atom stereocenters. The van der Waals surface area contributed by atoms with Gasteiger partial charge in [-0.15, -0.1) is 0 Å². The Labute approximate surface area is 260 Å². The Morgan fingerprint density at radius 2 is 1.56 bits per heavy atom. The van der Waals surface area contributed by atoms with E-state index in [2.05, 4.69) is 35.8 Å². The summed E-state index contributed by atoms with van der Waals surface area (Å²) < 4.78 is 25.1. The molecule has 0 unspecified atom stereocenters. The van der Waals surface area contributed by atoms with Crippen LogP contribution < -0.4 is 0 Å². The van der Waals surface area contributed by atoms with E-state index in [1.54, 1.807) is 5.57 Å². The van der Waals surface area contributed by atoms with Gasteiger partial charge in [-0.1, -0.05) is 25.5 Å². The highest BCUT2D eigenvalue weighted by Crippen LogP contribution is 2.70. The molecule has 6 nitrogen and oxygen atoms in total. The molecule has 43 heavy (non-hydrogen) atoms. The monoisotopic (exact) mass is 594 g/mol. The fourth-order valence-corrected chi connectivity index (χ4v) is 11.0. The number of likely N-dealkylation sites (tertiary alicyclic amines) is 2. The van der Waals surface area contributed by atoms with Crippen LogP contribution in [0.25, 0.3) is 0 Å². The number of nitrogens with zero attached hydrogens (tertiary/aromatic N) is 2. The van der Waals surface area contributed by atoms with Crippen LogP contribution in [0.5, 0.6) is 0 Å². The highest BCUT2D eigenvalue weighted by atomic mass is 16.5. The Balaban J connectivity index is 0.981. The van der Waals surface area contributed by atoms with Crippen LogP contribution in [0.15, 0.2) is 34.7 Å². The Morgan fingerprint density at radius 3 is 2.30 bits per heavy atom. The van der Waals surface area contributed by atoms with E-state index in [1.807, 2.05) is 12.5 Å². The lowest BCUT2D eigenvalue weighted by molar-refractivity contribution is -0.167. The van der Waals surface area contributed by atoms with E-state index in [4.69, 9.17) is 18.6 Å². The molecule has 1 aromatic rings. The summed E-state index contributed by atoms with van der Waals surface area (Å²) in [6, 6.07) is 2.21. The molecule has 240 valence electrons. The lowest BCUT2D eigenvalue weighted by atomic mass is 9.46. The van der Waals surface area contributed by atoms with Gasteiger partial charge in [0.2, 0.25) is 0 Å². The van der Waals surface area contributed by atoms with Gasteiger partial charge in [-0.3, -0.25) is 0 Å². The minimum absolute atomic E-state index is 0.162. The van der Waals surface area contributed by atoms with Crippen molar-refractivity contribution in [3.63, 3.8) is 0 Å². The summed E-state index contributed by atoms with van der Waals surface area (Å²) in [6.07, 6.45) is 22.0. The fraction of sp³-hybridized carbons (Fsp3) is 0.838. The van der Waals surface area contributed by atoms with Crippen LogP contribution in [0, 0.1) is 28.6 Å². The van der Waals surface area contributed by atoms with Crippen molar-refractivity contribution in [1.82, 2.24) is 9.80 Å². The van der Waals surface area contributed by atoms with E-state index in [0.29, 0.717) is 18.6 Å². The van der Waals surface area contributed by atoms with Crippen molar-refractivity contribution in [2.75, 3.05) is 65.7 Å². The Morgan fingerprint density at radius 1 is 0.814 bits per heavy atom. The first-order valence-corrected chi connectivity index (χ1v) is 18.0. The van der Waals surface area contributed by atoms with Crippen LogP contribution in [0.4, 0.5) is 0 Å². The second-order valence-corrected chi connectivity index (χ2v) is 15.4. The number of hydrogen-bond acceptors (Lipinski definition) is 6. The van der Waals surface area contributed by atoms with Crippen LogP contribution in [-0.2, 0) is 19.8 Å². The minimum atomic E-state index is -0.214. The molecule has 6 aliphatic rings. The Hall–Kier alpha value is -1.18. The molecule has 0 amide bonds. The lowest BCUT2D eigenvalue weighted by Crippen LogP contribution is -2.54. The third-order valence-corrected chi connectivity index (χ3v) is 13.4. The number of fused-ring (bicyclic) bond motifs is 5. The molecule has 0 radical (unpaired) electrons. The van der Waals surface area contributed by atoms with Crippen molar-refractivity contribution in [3.05, 3.63) is 35.8 Å².